The number of nitro benzene ring substituents is 2. The Morgan fingerprint density at radius 3 is 2.26 bits per heavy atom. The molecule has 1 amide bonds. The van der Waals surface area contributed by atoms with Crippen LogP contribution < -0.4 is 15.0 Å². The summed E-state index contributed by atoms with van der Waals surface area (Å²) in [7, 11) is 2.63. The third kappa shape index (κ3) is 7.76. The second-order valence-corrected chi connectivity index (χ2v) is 9.18. The first kappa shape index (κ1) is 31.0. The van der Waals surface area contributed by atoms with Gasteiger partial charge in [0.2, 0.25) is 5.91 Å². The van der Waals surface area contributed by atoms with E-state index in [1.165, 1.54) is 33.3 Å². The third-order valence-corrected chi connectivity index (χ3v) is 6.22. The molecule has 0 saturated heterocycles. The number of nitrogens with zero attached hydrogens (tertiary/aromatic N) is 6. The van der Waals surface area contributed by atoms with Crippen LogP contribution in [0.3, 0.4) is 0 Å². The van der Waals surface area contributed by atoms with Crippen molar-refractivity contribution in [2.75, 3.05) is 31.0 Å². The van der Waals surface area contributed by atoms with Gasteiger partial charge in [-0.1, -0.05) is 30.3 Å². The molecule has 0 aliphatic heterocycles. The van der Waals surface area contributed by atoms with Crippen molar-refractivity contribution in [1.82, 2.24) is 0 Å². The van der Waals surface area contributed by atoms with Crippen molar-refractivity contribution in [3.63, 3.8) is 0 Å². The minimum atomic E-state index is -0.866. The summed E-state index contributed by atoms with van der Waals surface area (Å²) in [5, 5.41) is 44.4. The van der Waals surface area contributed by atoms with Crippen molar-refractivity contribution in [2.45, 2.75) is 18.4 Å². The Kier molecular flexibility index (Phi) is 10.5. The maximum atomic E-state index is 12.3. The molecule has 216 valence electrons. The van der Waals surface area contributed by atoms with E-state index < -0.39 is 33.1 Å². The molecule has 0 heterocycles. The van der Waals surface area contributed by atoms with Gasteiger partial charge in [-0.05, 0) is 29.5 Å². The van der Waals surface area contributed by atoms with Crippen LogP contribution in [0.25, 0.3) is 0 Å². The largest absolute Gasteiger partial charge is 0.494 e. The second kappa shape index (κ2) is 14.2. The number of hydrogen-bond acceptors (Lipinski definition) is 13. The molecule has 3 aromatic carbocycles. The lowest BCUT2D eigenvalue weighted by Crippen LogP contribution is -2.30. The van der Waals surface area contributed by atoms with Crippen molar-refractivity contribution >= 4 is 57.8 Å². The van der Waals surface area contributed by atoms with Crippen LogP contribution in [-0.2, 0) is 20.9 Å². The zero-order valence-corrected chi connectivity index (χ0v) is 23.3. The number of azo groups is 1. The van der Waals surface area contributed by atoms with E-state index in [2.05, 4.69) is 15.5 Å². The Bertz CT molecular complexity index is 1590. The van der Waals surface area contributed by atoms with Gasteiger partial charge in [-0.25, -0.2) is 0 Å². The van der Waals surface area contributed by atoms with Crippen LogP contribution in [0.1, 0.15) is 12.5 Å². The van der Waals surface area contributed by atoms with E-state index in [4.69, 9.17) is 14.7 Å². The molecule has 0 radical (unpaired) electrons. The van der Waals surface area contributed by atoms with Crippen molar-refractivity contribution in [3.05, 3.63) is 80.4 Å². The normalized spacial score (nSPS) is 10.5. The minimum Gasteiger partial charge on any atom is -0.494 e. The molecule has 16 heteroatoms. The smallest absolute Gasteiger partial charge is 0.325 e. The van der Waals surface area contributed by atoms with E-state index in [1.54, 1.807) is 10.3 Å². The quantitative estimate of drug-likeness (QED) is 0.0679. The van der Waals surface area contributed by atoms with Gasteiger partial charge in [0.25, 0.3) is 5.69 Å². The Morgan fingerprint density at radius 2 is 1.69 bits per heavy atom. The number of rotatable bonds is 12. The van der Waals surface area contributed by atoms with Crippen LogP contribution >= 0.6 is 11.8 Å². The molecule has 0 aliphatic rings. The monoisotopic (exact) mass is 593 g/mol. The van der Waals surface area contributed by atoms with E-state index in [-0.39, 0.29) is 40.8 Å². The Hall–Kier alpha value is -5.56. The lowest BCUT2D eigenvalue weighted by Gasteiger charge is -2.26. The van der Waals surface area contributed by atoms with Crippen LogP contribution in [-0.4, -0.2) is 42.5 Å². The van der Waals surface area contributed by atoms with Gasteiger partial charge in [0, 0.05) is 19.5 Å². The van der Waals surface area contributed by atoms with E-state index >= 15 is 0 Å². The molecule has 0 fully saturated rings. The lowest BCUT2D eigenvalue weighted by atomic mass is 10.1. The van der Waals surface area contributed by atoms with Crippen molar-refractivity contribution in [3.8, 4) is 11.2 Å². The molecule has 0 saturated carbocycles. The van der Waals surface area contributed by atoms with Crippen LogP contribution in [0.5, 0.6) is 5.75 Å². The van der Waals surface area contributed by atoms with Gasteiger partial charge in [0.15, 0.2) is 5.69 Å². The number of methoxy groups -OCH3 is 2. The molecule has 3 aromatic rings. The summed E-state index contributed by atoms with van der Waals surface area (Å²) >= 11 is 0.436. The minimum absolute atomic E-state index is 0.0191. The van der Waals surface area contributed by atoms with Gasteiger partial charge in [-0.15, -0.1) is 10.2 Å². The zero-order chi connectivity index (χ0) is 30.8. The number of carbonyl (C=O) groups excluding carboxylic acids is 2. The Balaban J connectivity index is 2.17. The van der Waals surface area contributed by atoms with E-state index in [1.807, 2.05) is 30.3 Å². The zero-order valence-electron chi connectivity index (χ0n) is 22.5. The summed E-state index contributed by atoms with van der Waals surface area (Å²) in [5.41, 5.74) is -0.317. The first-order valence-corrected chi connectivity index (χ1v) is 12.7. The number of nitrogens with one attached hydrogen (secondary N) is 1. The molecule has 0 aromatic heterocycles. The highest BCUT2D eigenvalue weighted by Gasteiger charge is 2.26. The summed E-state index contributed by atoms with van der Waals surface area (Å²) in [6.45, 7) is 1.35. The number of thiocyanates is 1. The van der Waals surface area contributed by atoms with Crippen LogP contribution in [0.2, 0.25) is 0 Å². The highest BCUT2D eigenvalue weighted by atomic mass is 32.2. The van der Waals surface area contributed by atoms with Gasteiger partial charge in [0.05, 0.1) is 41.5 Å². The summed E-state index contributed by atoms with van der Waals surface area (Å²) in [5.74, 6) is -0.787. The maximum Gasteiger partial charge on any atom is 0.325 e. The standard InChI is InChI=1S/C26H23N7O8S/c1-16(34)28-18-9-22(31(14-26(35)41-3)13-17-7-5-4-6-8-17)24(40-2)10-19(18)29-30-20-11-25(42-15-27)23(33(38)39)12-21(20)32(36)37/h4-12H,13-14H2,1-3H3,(H,28,34). The van der Waals surface area contributed by atoms with Crippen LogP contribution in [0.4, 0.5) is 34.1 Å². The SMILES string of the molecule is COC(=O)CN(Cc1ccccc1)c1cc(NC(C)=O)c(N=Nc2cc(SC#N)c([N+](=O)[O-])cc2[N+](=O)[O-])cc1OC. The number of anilines is 2. The molecule has 3 rings (SSSR count). The molecular weight excluding hydrogens is 570 g/mol. The predicted octanol–water partition coefficient (Wildman–Crippen LogP) is 5.64. The molecule has 0 bridgehead atoms. The first-order valence-electron chi connectivity index (χ1n) is 11.9. The van der Waals surface area contributed by atoms with Gasteiger partial charge >= 0.3 is 11.7 Å². The van der Waals surface area contributed by atoms with Crippen molar-refractivity contribution in [1.29, 1.82) is 5.26 Å². The fourth-order valence-electron chi connectivity index (χ4n) is 3.75. The van der Waals surface area contributed by atoms with Gasteiger partial charge < -0.3 is 19.7 Å². The summed E-state index contributed by atoms with van der Waals surface area (Å²) in [6, 6.07) is 13.9. The molecule has 1 N–H and O–H groups in total. The lowest BCUT2D eigenvalue weighted by molar-refractivity contribution is -0.395. The number of benzene rings is 3. The number of amides is 1. The second-order valence-electron chi connectivity index (χ2n) is 8.36. The van der Waals surface area contributed by atoms with Crippen molar-refractivity contribution < 1.29 is 28.9 Å². The number of nitro groups is 2. The molecule has 42 heavy (non-hydrogen) atoms. The maximum absolute atomic E-state index is 12.3. The summed E-state index contributed by atoms with van der Waals surface area (Å²) in [6.07, 6.45) is 0. The highest BCUT2D eigenvalue weighted by molar-refractivity contribution is 8.03. The highest BCUT2D eigenvalue weighted by Crippen LogP contribution is 2.43. The third-order valence-electron chi connectivity index (χ3n) is 5.58. The summed E-state index contributed by atoms with van der Waals surface area (Å²) in [4.78, 5) is 47.2. The van der Waals surface area contributed by atoms with Crippen LogP contribution in [0.15, 0.2) is 69.7 Å². The Morgan fingerprint density at radius 1 is 1.02 bits per heavy atom. The molecule has 0 aliphatic carbocycles. The number of ether oxygens (including phenoxy) is 2. The number of nitriles is 1. The van der Waals surface area contributed by atoms with E-state index in [0.29, 0.717) is 23.5 Å². The van der Waals surface area contributed by atoms with E-state index in [0.717, 1.165) is 11.6 Å². The number of carbonyl (C=O) groups is 2. The molecule has 0 spiro atoms. The van der Waals surface area contributed by atoms with Crippen LogP contribution in [0, 0.1) is 30.9 Å². The summed E-state index contributed by atoms with van der Waals surface area (Å²) < 4.78 is 10.4. The first-order chi connectivity index (χ1) is 20.1. The molecular formula is C26H23N7O8S. The predicted molar refractivity (Wildman–Crippen MR) is 152 cm³/mol. The van der Waals surface area contributed by atoms with Gasteiger partial charge in [0.1, 0.15) is 28.3 Å². The number of thioether (sulfide) groups is 1. The van der Waals surface area contributed by atoms with Gasteiger partial charge in [-0.2, -0.15) is 5.26 Å². The molecule has 0 unspecified atom stereocenters. The average Bonchev–Trinajstić information content (AvgIpc) is 2.95. The number of hydrogen-bond donors (Lipinski definition) is 1. The fourth-order valence-corrected chi connectivity index (χ4v) is 4.25. The van der Waals surface area contributed by atoms with Crippen molar-refractivity contribution in [2.24, 2.45) is 10.2 Å². The average molecular weight is 594 g/mol. The number of esters is 1. The fraction of sp³-hybridized carbons (Fsp3) is 0.192. The Labute approximate surface area is 243 Å². The molecule has 15 nitrogen and oxygen atoms in total. The topological polar surface area (TPSA) is 203 Å². The molecule has 0 atom stereocenters. The van der Waals surface area contributed by atoms with E-state index in [9.17, 15) is 29.8 Å². The van der Waals surface area contributed by atoms with Gasteiger partial charge in [-0.3, -0.25) is 29.8 Å².